The van der Waals surface area contributed by atoms with Gasteiger partial charge in [0.25, 0.3) is 0 Å². The van der Waals surface area contributed by atoms with E-state index in [1.165, 1.54) is 0 Å². The zero-order chi connectivity index (χ0) is 19.4. The van der Waals surface area contributed by atoms with E-state index in [-0.39, 0.29) is 26.4 Å². The van der Waals surface area contributed by atoms with Crippen LogP contribution in [0.1, 0.15) is 37.8 Å². The summed E-state index contributed by atoms with van der Waals surface area (Å²) < 4.78 is 19.3. The first-order chi connectivity index (χ1) is 12.4. The number of esters is 4. The number of hydrogen-bond acceptors (Lipinski definition) is 8. The lowest BCUT2D eigenvalue weighted by Gasteiger charge is -2.08. The van der Waals surface area contributed by atoms with E-state index in [1.54, 1.807) is 38.1 Å². The van der Waals surface area contributed by atoms with Gasteiger partial charge in [-0.15, -0.1) is 0 Å². The Morgan fingerprint density at radius 1 is 0.692 bits per heavy atom. The van der Waals surface area contributed by atoms with Gasteiger partial charge in [0.15, 0.2) is 0 Å². The third-order valence-electron chi connectivity index (χ3n) is 2.98. The maximum atomic E-state index is 11.5. The van der Waals surface area contributed by atoms with Gasteiger partial charge in [-0.25, -0.2) is 0 Å². The number of hydrogen-bond donors (Lipinski definition) is 0. The second-order valence-electron chi connectivity index (χ2n) is 5.10. The van der Waals surface area contributed by atoms with E-state index in [0.29, 0.717) is 11.1 Å². The molecule has 0 saturated heterocycles. The van der Waals surface area contributed by atoms with Crippen molar-refractivity contribution in [3.63, 3.8) is 0 Å². The normalized spacial score (nSPS) is 9.92. The molecule has 0 radical (unpaired) electrons. The monoisotopic (exact) mass is 366 g/mol. The number of benzene rings is 1. The Labute approximate surface area is 151 Å². The van der Waals surface area contributed by atoms with Crippen LogP contribution in [0.4, 0.5) is 0 Å². The smallest absolute Gasteiger partial charge is 0.317 e. The molecule has 0 heterocycles. The van der Waals surface area contributed by atoms with E-state index in [9.17, 15) is 19.2 Å². The molecule has 1 rings (SSSR count). The topological polar surface area (TPSA) is 105 Å². The highest BCUT2D eigenvalue weighted by atomic mass is 16.6. The minimum absolute atomic E-state index is 0.0249. The molecule has 142 valence electrons. The van der Waals surface area contributed by atoms with Crippen LogP contribution in [0.25, 0.3) is 0 Å². The maximum absolute atomic E-state index is 11.5. The van der Waals surface area contributed by atoms with E-state index in [2.05, 4.69) is 9.47 Å². The molecule has 0 aliphatic carbocycles. The molecule has 0 spiro atoms. The van der Waals surface area contributed by atoms with Crippen LogP contribution in [0.2, 0.25) is 0 Å². The summed E-state index contributed by atoms with van der Waals surface area (Å²) in [5, 5.41) is 0. The fraction of sp³-hybridized carbons (Fsp3) is 0.444. The average Bonchev–Trinajstić information content (AvgIpc) is 2.59. The van der Waals surface area contributed by atoms with Crippen molar-refractivity contribution in [3.8, 4) is 0 Å². The van der Waals surface area contributed by atoms with Crippen LogP contribution in [0, 0.1) is 0 Å². The standard InChI is InChI=1S/C18H22O8/c1-3-23-15(19)9-17(21)25-11-13-6-5-7-14(8-13)12-26-18(22)10-16(20)24-4-2/h5-8H,3-4,9-12H2,1-2H3. The second kappa shape index (κ2) is 11.6. The number of carbonyl (C=O) groups is 4. The van der Waals surface area contributed by atoms with Crippen LogP contribution in [-0.4, -0.2) is 37.1 Å². The molecule has 0 unspecified atom stereocenters. The predicted molar refractivity (Wildman–Crippen MR) is 88.5 cm³/mol. The van der Waals surface area contributed by atoms with Crippen LogP contribution < -0.4 is 0 Å². The number of carbonyl (C=O) groups excluding carboxylic acids is 4. The van der Waals surface area contributed by atoms with E-state index in [4.69, 9.17) is 9.47 Å². The molecule has 0 atom stereocenters. The Balaban J connectivity index is 2.42. The van der Waals surface area contributed by atoms with E-state index < -0.39 is 36.7 Å². The average molecular weight is 366 g/mol. The molecule has 1 aromatic rings. The molecule has 0 aliphatic rings. The summed E-state index contributed by atoms with van der Waals surface area (Å²) in [7, 11) is 0. The Morgan fingerprint density at radius 2 is 1.08 bits per heavy atom. The van der Waals surface area contributed by atoms with Gasteiger partial charge < -0.3 is 18.9 Å². The van der Waals surface area contributed by atoms with E-state index in [0.717, 1.165) is 0 Å². The molecule has 8 heteroatoms. The van der Waals surface area contributed by atoms with Crippen molar-refractivity contribution in [1.29, 1.82) is 0 Å². The molecule has 1 aromatic carbocycles. The van der Waals surface area contributed by atoms with Crippen LogP contribution in [-0.2, 0) is 51.3 Å². The highest BCUT2D eigenvalue weighted by Gasteiger charge is 2.13. The Hall–Kier alpha value is -2.90. The van der Waals surface area contributed by atoms with Crippen molar-refractivity contribution in [1.82, 2.24) is 0 Å². The van der Waals surface area contributed by atoms with Gasteiger partial charge in [0.2, 0.25) is 0 Å². The van der Waals surface area contributed by atoms with Gasteiger partial charge in [0, 0.05) is 0 Å². The fourth-order valence-corrected chi connectivity index (χ4v) is 1.90. The summed E-state index contributed by atoms with van der Waals surface area (Å²) in [6.45, 7) is 3.64. The van der Waals surface area contributed by atoms with Gasteiger partial charge in [-0.1, -0.05) is 18.2 Å². The van der Waals surface area contributed by atoms with E-state index in [1.807, 2.05) is 0 Å². The van der Waals surface area contributed by atoms with Gasteiger partial charge in [-0.05, 0) is 31.0 Å². The summed E-state index contributed by atoms with van der Waals surface area (Å²) >= 11 is 0. The Kier molecular flexibility index (Phi) is 9.45. The van der Waals surface area contributed by atoms with Gasteiger partial charge in [-0.3, -0.25) is 19.2 Å². The summed E-state index contributed by atoms with van der Waals surface area (Å²) in [5.41, 5.74) is 1.34. The molecular weight excluding hydrogens is 344 g/mol. The van der Waals surface area contributed by atoms with Crippen molar-refractivity contribution in [2.24, 2.45) is 0 Å². The predicted octanol–water partition coefficient (Wildman–Crippen LogP) is 1.68. The molecule has 0 amide bonds. The van der Waals surface area contributed by atoms with Crippen molar-refractivity contribution in [2.45, 2.75) is 39.9 Å². The van der Waals surface area contributed by atoms with E-state index >= 15 is 0 Å². The lowest BCUT2D eigenvalue weighted by atomic mass is 10.1. The SMILES string of the molecule is CCOC(=O)CC(=O)OCc1cccc(COC(=O)CC(=O)OCC)c1. The van der Waals surface area contributed by atoms with Crippen LogP contribution in [0.5, 0.6) is 0 Å². The lowest BCUT2D eigenvalue weighted by molar-refractivity contribution is -0.156. The molecule has 0 fully saturated rings. The zero-order valence-corrected chi connectivity index (χ0v) is 14.8. The fourth-order valence-electron chi connectivity index (χ4n) is 1.90. The van der Waals surface area contributed by atoms with Gasteiger partial charge in [0.05, 0.1) is 13.2 Å². The molecule has 26 heavy (non-hydrogen) atoms. The Bertz CT molecular complexity index is 587. The van der Waals surface area contributed by atoms with Gasteiger partial charge in [-0.2, -0.15) is 0 Å². The third-order valence-corrected chi connectivity index (χ3v) is 2.98. The van der Waals surface area contributed by atoms with Crippen molar-refractivity contribution < 1.29 is 38.1 Å². The summed E-state index contributed by atoms with van der Waals surface area (Å²) in [4.78, 5) is 45.4. The number of ether oxygens (including phenoxy) is 4. The minimum atomic E-state index is -0.685. The number of rotatable bonds is 10. The van der Waals surface area contributed by atoms with Crippen molar-refractivity contribution in [2.75, 3.05) is 13.2 Å². The van der Waals surface area contributed by atoms with Crippen LogP contribution in [0.15, 0.2) is 24.3 Å². The molecule has 0 saturated carbocycles. The third kappa shape index (κ3) is 8.81. The molecular formula is C18H22O8. The highest BCUT2D eigenvalue weighted by Crippen LogP contribution is 2.09. The Morgan fingerprint density at radius 3 is 1.46 bits per heavy atom. The molecule has 0 aliphatic heterocycles. The van der Waals surface area contributed by atoms with Crippen LogP contribution >= 0.6 is 0 Å². The molecule has 0 bridgehead atoms. The summed E-state index contributed by atoms with van der Waals surface area (Å²) in [5.74, 6) is -2.65. The molecule has 0 aromatic heterocycles. The van der Waals surface area contributed by atoms with Gasteiger partial charge in [0.1, 0.15) is 26.1 Å². The van der Waals surface area contributed by atoms with Crippen molar-refractivity contribution >= 4 is 23.9 Å². The van der Waals surface area contributed by atoms with Crippen molar-refractivity contribution in [3.05, 3.63) is 35.4 Å². The van der Waals surface area contributed by atoms with Crippen LogP contribution in [0.3, 0.4) is 0 Å². The molecule has 0 N–H and O–H groups in total. The first kappa shape index (κ1) is 21.1. The minimum Gasteiger partial charge on any atom is -0.466 e. The first-order valence-corrected chi connectivity index (χ1v) is 8.14. The summed E-state index contributed by atoms with van der Waals surface area (Å²) in [6, 6.07) is 6.85. The maximum Gasteiger partial charge on any atom is 0.317 e. The first-order valence-electron chi connectivity index (χ1n) is 8.14. The molecule has 8 nitrogen and oxygen atoms in total. The lowest BCUT2D eigenvalue weighted by Crippen LogP contribution is -2.14. The zero-order valence-electron chi connectivity index (χ0n) is 14.8. The summed E-state index contributed by atoms with van der Waals surface area (Å²) in [6.07, 6.45) is -0.891. The quantitative estimate of drug-likeness (QED) is 0.350. The van der Waals surface area contributed by atoms with Gasteiger partial charge >= 0.3 is 23.9 Å². The largest absolute Gasteiger partial charge is 0.466 e. The second-order valence-corrected chi connectivity index (χ2v) is 5.10. The highest BCUT2D eigenvalue weighted by molar-refractivity contribution is 5.91.